The molecule has 18 heavy (non-hydrogen) atoms. The summed E-state index contributed by atoms with van der Waals surface area (Å²) in [5.41, 5.74) is 0.740. The summed E-state index contributed by atoms with van der Waals surface area (Å²) < 4.78 is 27.5. The van der Waals surface area contributed by atoms with E-state index in [1.165, 1.54) is 26.0 Å². The molecule has 0 bridgehead atoms. The highest BCUT2D eigenvalue weighted by atomic mass is 19.3. The molecular weight excluding hydrogens is 238 g/mol. The van der Waals surface area contributed by atoms with Gasteiger partial charge in [-0.1, -0.05) is 45.0 Å². The number of carbonyl (C=O) groups is 1. The third-order valence-corrected chi connectivity index (χ3v) is 3.07. The highest BCUT2D eigenvalue weighted by molar-refractivity contribution is 5.67. The molecule has 0 saturated heterocycles. The molecule has 1 N–H and O–H groups in total. The zero-order valence-electron chi connectivity index (χ0n) is 10.8. The van der Waals surface area contributed by atoms with E-state index >= 15 is 0 Å². The lowest BCUT2D eigenvalue weighted by Crippen LogP contribution is -2.20. The number of aliphatic carboxylic acids is 1. The molecule has 0 aliphatic carbocycles. The van der Waals surface area contributed by atoms with Crippen LogP contribution in [0.25, 0.3) is 0 Å². The third-order valence-electron chi connectivity index (χ3n) is 3.07. The van der Waals surface area contributed by atoms with E-state index in [1.54, 1.807) is 19.1 Å². The lowest BCUT2D eigenvalue weighted by atomic mass is 9.93. The molecule has 0 fully saturated rings. The quantitative estimate of drug-likeness (QED) is 0.864. The van der Waals surface area contributed by atoms with Crippen molar-refractivity contribution in [3.63, 3.8) is 0 Å². The number of hydrogen-bond acceptors (Lipinski definition) is 1. The van der Waals surface area contributed by atoms with Crippen molar-refractivity contribution in [2.75, 3.05) is 0 Å². The minimum atomic E-state index is -2.85. The molecule has 1 atom stereocenters. The number of halogens is 2. The van der Waals surface area contributed by atoms with Gasteiger partial charge in [0.2, 0.25) is 0 Å². The molecule has 100 valence electrons. The van der Waals surface area contributed by atoms with Crippen molar-refractivity contribution in [3.8, 4) is 0 Å². The topological polar surface area (TPSA) is 37.3 Å². The second kappa shape index (κ2) is 5.46. The maximum atomic E-state index is 13.7. The first-order chi connectivity index (χ1) is 8.25. The van der Waals surface area contributed by atoms with Crippen molar-refractivity contribution in [1.82, 2.24) is 0 Å². The van der Waals surface area contributed by atoms with Gasteiger partial charge in [0.1, 0.15) is 0 Å². The van der Waals surface area contributed by atoms with Gasteiger partial charge in [-0.2, -0.15) is 0 Å². The molecule has 4 heteroatoms. The molecule has 1 rings (SSSR count). The number of alkyl halides is 2. The highest BCUT2D eigenvalue weighted by Crippen LogP contribution is 2.36. The summed E-state index contributed by atoms with van der Waals surface area (Å²) in [6.45, 7) is 4.71. The normalized spacial score (nSPS) is 13.7. The van der Waals surface area contributed by atoms with E-state index in [9.17, 15) is 13.6 Å². The van der Waals surface area contributed by atoms with Crippen LogP contribution >= 0.6 is 0 Å². The molecule has 0 heterocycles. The summed E-state index contributed by atoms with van der Waals surface area (Å²) in [5.74, 6) is -4.68. The fourth-order valence-corrected chi connectivity index (χ4v) is 1.75. The van der Waals surface area contributed by atoms with Crippen molar-refractivity contribution < 1.29 is 18.7 Å². The zero-order chi connectivity index (χ0) is 13.9. The van der Waals surface area contributed by atoms with Crippen LogP contribution in [0, 0.1) is 5.92 Å². The summed E-state index contributed by atoms with van der Waals surface area (Å²) in [7, 11) is 0. The van der Waals surface area contributed by atoms with Gasteiger partial charge in [-0.05, 0) is 11.5 Å². The second-order valence-corrected chi connectivity index (χ2v) is 4.90. The average Bonchev–Trinajstić information content (AvgIpc) is 2.28. The van der Waals surface area contributed by atoms with E-state index < -0.39 is 17.8 Å². The molecule has 0 spiro atoms. The van der Waals surface area contributed by atoms with Crippen LogP contribution in [-0.2, 0) is 10.7 Å². The van der Waals surface area contributed by atoms with Gasteiger partial charge < -0.3 is 5.11 Å². The van der Waals surface area contributed by atoms with Crippen LogP contribution in [0.15, 0.2) is 24.3 Å². The van der Waals surface area contributed by atoms with Gasteiger partial charge in [-0.25, -0.2) is 8.78 Å². The van der Waals surface area contributed by atoms with Crippen LogP contribution in [0.5, 0.6) is 0 Å². The number of hydrogen-bond donors (Lipinski definition) is 1. The van der Waals surface area contributed by atoms with E-state index in [0.717, 1.165) is 5.56 Å². The van der Waals surface area contributed by atoms with Crippen LogP contribution in [0.4, 0.5) is 8.78 Å². The molecular formula is C14H18F2O2. The molecule has 0 aromatic heterocycles. The largest absolute Gasteiger partial charge is 0.481 e. The van der Waals surface area contributed by atoms with Gasteiger partial charge in [0.25, 0.3) is 5.92 Å². The Balaban J connectivity index is 2.89. The Morgan fingerprint density at radius 2 is 1.72 bits per heavy atom. The maximum Gasteiger partial charge on any atom is 0.303 e. The summed E-state index contributed by atoms with van der Waals surface area (Å²) >= 11 is 0. The van der Waals surface area contributed by atoms with Crippen LogP contribution in [0.2, 0.25) is 0 Å². The van der Waals surface area contributed by atoms with Crippen molar-refractivity contribution in [1.29, 1.82) is 0 Å². The Hall–Kier alpha value is -1.45. The minimum Gasteiger partial charge on any atom is -0.481 e. The molecule has 0 radical (unpaired) electrons. The number of benzene rings is 1. The van der Waals surface area contributed by atoms with Crippen LogP contribution in [0.1, 0.15) is 44.2 Å². The molecule has 0 amide bonds. The average molecular weight is 256 g/mol. The molecule has 0 aliphatic rings. The molecule has 2 nitrogen and oxygen atoms in total. The van der Waals surface area contributed by atoms with Gasteiger partial charge in [0, 0.05) is 11.5 Å². The van der Waals surface area contributed by atoms with E-state index in [2.05, 4.69) is 0 Å². The van der Waals surface area contributed by atoms with Crippen molar-refractivity contribution >= 4 is 5.97 Å². The highest BCUT2D eigenvalue weighted by Gasteiger charge is 2.35. The first-order valence-corrected chi connectivity index (χ1v) is 5.95. The molecule has 0 saturated carbocycles. The Bertz CT molecular complexity index is 410. The first kappa shape index (κ1) is 14.6. The molecule has 1 unspecified atom stereocenters. The minimum absolute atomic E-state index is 0.0000793. The van der Waals surface area contributed by atoms with E-state index in [0.29, 0.717) is 0 Å². The molecule has 1 aromatic rings. The van der Waals surface area contributed by atoms with Gasteiger partial charge in [0.05, 0.1) is 6.42 Å². The molecule has 1 aromatic carbocycles. The summed E-state index contributed by atoms with van der Waals surface area (Å²) in [6, 6.07) is 5.93. The Morgan fingerprint density at radius 1 is 1.22 bits per heavy atom. The number of rotatable bonds is 5. The zero-order valence-corrected chi connectivity index (χ0v) is 10.8. The maximum absolute atomic E-state index is 13.7. The van der Waals surface area contributed by atoms with E-state index in [-0.39, 0.29) is 17.9 Å². The second-order valence-electron chi connectivity index (χ2n) is 4.90. The SMILES string of the molecule is CC(CC(=O)O)c1ccc(C(F)(F)C(C)C)cc1. The summed E-state index contributed by atoms with van der Waals surface area (Å²) in [4.78, 5) is 10.6. The van der Waals surface area contributed by atoms with Gasteiger partial charge >= 0.3 is 5.97 Å². The fourth-order valence-electron chi connectivity index (χ4n) is 1.75. The monoisotopic (exact) mass is 256 g/mol. The Labute approximate surface area is 106 Å². The number of carboxylic acids is 1. The van der Waals surface area contributed by atoms with Crippen LogP contribution in [0.3, 0.4) is 0 Å². The Kier molecular flexibility index (Phi) is 4.43. The lowest BCUT2D eigenvalue weighted by molar-refractivity contribution is -0.137. The van der Waals surface area contributed by atoms with E-state index in [4.69, 9.17) is 5.11 Å². The van der Waals surface area contributed by atoms with Gasteiger partial charge in [-0.3, -0.25) is 4.79 Å². The van der Waals surface area contributed by atoms with Crippen LogP contribution in [-0.4, -0.2) is 11.1 Å². The lowest BCUT2D eigenvalue weighted by Gasteiger charge is -2.21. The van der Waals surface area contributed by atoms with Gasteiger partial charge in [0.15, 0.2) is 0 Å². The summed E-state index contributed by atoms with van der Waals surface area (Å²) in [6.07, 6.45) is -0.0000793. The number of carboxylic acid groups (broad SMARTS) is 1. The predicted octanol–water partition coefficient (Wildman–Crippen LogP) is 4.01. The van der Waals surface area contributed by atoms with Crippen molar-refractivity contribution in [2.45, 2.75) is 39.0 Å². The third kappa shape index (κ3) is 3.28. The standard InChI is InChI=1S/C14H18F2O2/c1-9(2)14(15,16)12-6-4-11(5-7-12)10(3)8-13(17)18/h4-7,9-10H,8H2,1-3H3,(H,17,18). The van der Waals surface area contributed by atoms with Gasteiger partial charge in [-0.15, -0.1) is 0 Å². The summed E-state index contributed by atoms with van der Waals surface area (Å²) in [5, 5.41) is 8.68. The fraction of sp³-hybridized carbons (Fsp3) is 0.500. The first-order valence-electron chi connectivity index (χ1n) is 5.95. The smallest absolute Gasteiger partial charge is 0.303 e. The van der Waals surface area contributed by atoms with Crippen molar-refractivity contribution in [2.24, 2.45) is 5.92 Å². The van der Waals surface area contributed by atoms with E-state index in [1.807, 2.05) is 0 Å². The van der Waals surface area contributed by atoms with Crippen molar-refractivity contribution in [3.05, 3.63) is 35.4 Å². The molecule has 0 aliphatic heterocycles. The Morgan fingerprint density at radius 3 is 2.11 bits per heavy atom. The van der Waals surface area contributed by atoms with Crippen LogP contribution < -0.4 is 0 Å². The predicted molar refractivity (Wildman–Crippen MR) is 65.8 cm³/mol.